The van der Waals surface area contributed by atoms with Crippen molar-refractivity contribution >= 4 is 28.4 Å². The molecule has 1 N–H and O–H groups in total. The van der Waals surface area contributed by atoms with E-state index in [2.05, 4.69) is 15.3 Å². The van der Waals surface area contributed by atoms with Crippen molar-refractivity contribution in [1.82, 2.24) is 14.5 Å². The maximum absolute atomic E-state index is 11.8. The zero-order valence-electron chi connectivity index (χ0n) is 9.22. The number of hydrogen-bond acceptors (Lipinski definition) is 4. The third kappa shape index (κ3) is 2.82. The molecule has 0 fully saturated rings. The average molecular weight is 342 g/mol. The van der Waals surface area contributed by atoms with Crippen LogP contribution >= 0.6 is 22.6 Å². The second kappa shape index (κ2) is 5.26. The van der Waals surface area contributed by atoms with Crippen LogP contribution in [-0.2, 0) is 6.54 Å². The maximum Gasteiger partial charge on any atom is 0.267 e. The summed E-state index contributed by atoms with van der Waals surface area (Å²) in [7, 11) is 1.81. The second-order valence-corrected chi connectivity index (χ2v) is 4.64. The molecule has 6 heteroatoms. The lowest BCUT2D eigenvalue weighted by atomic mass is 10.2. The smallest absolute Gasteiger partial charge is 0.267 e. The van der Waals surface area contributed by atoms with Gasteiger partial charge in [0, 0.05) is 19.4 Å². The standard InChI is InChI=1S/C11H11IN4O/c1-13-10-4-8(2-3-15-10)6-16-7-14-5-9(12)11(16)17/h2-5,7H,6H2,1H3,(H,13,15). The molecule has 0 amide bonds. The first-order valence-corrected chi connectivity index (χ1v) is 6.11. The molecule has 0 aliphatic heterocycles. The van der Waals surface area contributed by atoms with Crippen molar-refractivity contribution in [2.45, 2.75) is 6.54 Å². The number of nitrogens with zero attached hydrogens (tertiary/aromatic N) is 3. The number of nitrogens with one attached hydrogen (secondary N) is 1. The van der Waals surface area contributed by atoms with Crippen LogP contribution in [0.3, 0.4) is 0 Å². The fourth-order valence-electron chi connectivity index (χ4n) is 1.44. The molecule has 2 aromatic heterocycles. The summed E-state index contributed by atoms with van der Waals surface area (Å²) in [5.41, 5.74) is 0.985. The van der Waals surface area contributed by atoms with Gasteiger partial charge in [0.2, 0.25) is 0 Å². The van der Waals surface area contributed by atoms with Gasteiger partial charge in [-0.05, 0) is 40.3 Å². The lowest BCUT2D eigenvalue weighted by molar-refractivity contribution is 0.729. The van der Waals surface area contributed by atoms with Crippen molar-refractivity contribution in [3.05, 3.63) is 50.3 Å². The van der Waals surface area contributed by atoms with Gasteiger partial charge >= 0.3 is 0 Å². The van der Waals surface area contributed by atoms with Crippen molar-refractivity contribution in [2.24, 2.45) is 0 Å². The van der Waals surface area contributed by atoms with Crippen LogP contribution in [0.1, 0.15) is 5.56 Å². The van der Waals surface area contributed by atoms with Crippen molar-refractivity contribution in [1.29, 1.82) is 0 Å². The van der Waals surface area contributed by atoms with Crippen molar-refractivity contribution < 1.29 is 0 Å². The van der Waals surface area contributed by atoms with E-state index in [0.717, 1.165) is 11.4 Å². The summed E-state index contributed by atoms with van der Waals surface area (Å²) >= 11 is 1.99. The molecular formula is C11H11IN4O. The summed E-state index contributed by atoms with van der Waals surface area (Å²) in [4.78, 5) is 19.9. The van der Waals surface area contributed by atoms with Crippen LogP contribution < -0.4 is 10.9 Å². The Labute approximate surface area is 112 Å². The monoisotopic (exact) mass is 342 g/mol. The van der Waals surface area contributed by atoms with E-state index in [-0.39, 0.29) is 5.56 Å². The molecule has 0 aliphatic rings. The summed E-state index contributed by atoms with van der Waals surface area (Å²) in [6.07, 6.45) is 4.82. The molecule has 2 heterocycles. The van der Waals surface area contributed by atoms with E-state index < -0.39 is 0 Å². The summed E-state index contributed by atoms with van der Waals surface area (Å²) in [6, 6.07) is 3.79. The van der Waals surface area contributed by atoms with E-state index in [1.54, 1.807) is 23.3 Å². The molecule has 2 rings (SSSR count). The summed E-state index contributed by atoms with van der Waals surface area (Å²) in [6.45, 7) is 0.500. The first-order valence-electron chi connectivity index (χ1n) is 5.03. The largest absolute Gasteiger partial charge is 0.373 e. The molecule has 5 nitrogen and oxygen atoms in total. The molecule has 0 bridgehead atoms. The SMILES string of the molecule is CNc1cc(Cn2cncc(I)c2=O)ccn1. The fourth-order valence-corrected chi connectivity index (χ4v) is 1.91. The van der Waals surface area contributed by atoms with E-state index in [0.29, 0.717) is 10.1 Å². The summed E-state index contributed by atoms with van der Waals surface area (Å²) < 4.78 is 2.20. The van der Waals surface area contributed by atoms with Gasteiger partial charge in [-0.15, -0.1) is 0 Å². The lowest BCUT2D eigenvalue weighted by Crippen LogP contribution is -2.22. The van der Waals surface area contributed by atoms with Gasteiger partial charge in [0.15, 0.2) is 0 Å². The Morgan fingerprint density at radius 3 is 3.12 bits per heavy atom. The van der Waals surface area contributed by atoms with Crippen LogP contribution in [0.15, 0.2) is 35.6 Å². The molecular weight excluding hydrogens is 331 g/mol. The highest BCUT2D eigenvalue weighted by Crippen LogP contribution is 2.07. The summed E-state index contributed by atoms with van der Waals surface area (Å²) in [5, 5.41) is 2.96. The van der Waals surface area contributed by atoms with Gasteiger partial charge in [-0.3, -0.25) is 9.36 Å². The van der Waals surface area contributed by atoms with E-state index in [9.17, 15) is 4.79 Å². The van der Waals surface area contributed by atoms with Crippen LogP contribution in [0.25, 0.3) is 0 Å². The van der Waals surface area contributed by atoms with Gasteiger partial charge in [-0.2, -0.15) is 0 Å². The molecule has 88 valence electrons. The molecule has 2 aromatic rings. The first kappa shape index (κ1) is 12.0. The molecule has 0 aliphatic carbocycles. The van der Waals surface area contributed by atoms with Crippen LogP contribution in [0.4, 0.5) is 5.82 Å². The van der Waals surface area contributed by atoms with Gasteiger partial charge in [-0.1, -0.05) is 0 Å². The Morgan fingerprint density at radius 1 is 1.53 bits per heavy atom. The molecule has 0 radical (unpaired) electrons. The minimum atomic E-state index is -0.0246. The van der Waals surface area contributed by atoms with E-state index in [4.69, 9.17) is 0 Å². The molecule has 0 saturated carbocycles. The Balaban J connectivity index is 2.31. The van der Waals surface area contributed by atoms with Gasteiger partial charge in [-0.25, -0.2) is 9.97 Å². The van der Waals surface area contributed by atoms with E-state index in [1.165, 1.54) is 0 Å². The van der Waals surface area contributed by atoms with E-state index >= 15 is 0 Å². The average Bonchev–Trinajstić information content (AvgIpc) is 2.35. The minimum Gasteiger partial charge on any atom is -0.373 e. The number of pyridine rings is 1. The van der Waals surface area contributed by atoms with Crippen LogP contribution in [-0.4, -0.2) is 21.6 Å². The number of hydrogen-bond donors (Lipinski definition) is 1. The highest BCUT2D eigenvalue weighted by molar-refractivity contribution is 14.1. The molecule has 0 saturated heterocycles. The Morgan fingerprint density at radius 2 is 2.35 bits per heavy atom. The lowest BCUT2D eigenvalue weighted by Gasteiger charge is -2.06. The highest BCUT2D eigenvalue weighted by Gasteiger charge is 2.02. The van der Waals surface area contributed by atoms with Crippen molar-refractivity contribution in [3.8, 4) is 0 Å². The molecule has 17 heavy (non-hydrogen) atoms. The number of anilines is 1. The molecule has 0 aromatic carbocycles. The number of aromatic nitrogens is 3. The predicted molar refractivity (Wildman–Crippen MR) is 74.1 cm³/mol. The molecule has 0 spiro atoms. The van der Waals surface area contributed by atoms with Gasteiger partial charge in [0.1, 0.15) is 5.82 Å². The molecule has 0 atom stereocenters. The first-order chi connectivity index (χ1) is 8.20. The third-order valence-corrected chi connectivity index (χ3v) is 3.03. The number of rotatable bonds is 3. The van der Waals surface area contributed by atoms with Crippen LogP contribution in [0.5, 0.6) is 0 Å². The van der Waals surface area contributed by atoms with Gasteiger partial charge in [0.05, 0.1) is 16.4 Å². The normalized spacial score (nSPS) is 10.2. The second-order valence-electron chi connectivity index (χ2n) is 3.47. The Hall–Kier alpha value is -1.44. The van der Waals surface area contributed by atoms with Crippen LogP contribution in [0, 0.1) is 3.57 Å². The van der Waals surface area contributed by atoms with Crippen LogP contribution in [0.2, 0.25) is 0 Å². The Kier molecular flexibility index (Phi) is 3.72. The molecule has 0 unspecified atom stereocenters. The predicted octanol–water partition coefficient (Wildman–Crippen LogP) is 1.33. The third-order valence-electron chi connectivity index (χ3n) is 2.29. The maximum atomic E-state index is 11.8. The van der Waals surface area contributed by atoms with Gasteiger partial charge in [0.25, 0.3) is 5.56 Å². The fraction of sp³-hybridized carbons (Fsp3) is 0.182. The van der Waals surface area contributed by atoms with Gasteiger partial charge < -0.3 is 5.32 Å². The topological polar surface area (TPSA) is 59.8 Å². The quantitative estimate of drug-likeness (QED) is 0.856. The zero-order valence-corrected chi connectivity index (χ0v) is 11.4. The number of halogens is 1. The minimum absolute atomic E-state index is 0.0246. The summed E-state index contributed by atoms with van der Waals surface area (Å²) in [5.74, 6) is 0.786. The van der Waals surface area contributed by atoms with Crippen molar-refractivity contribution in [2.75, 3.05) is 12.4 Å². The Bertz CT molecular complexity index is 582. The van der Waals surface area contributed by atoms with Crippen molar-refractivity contribution in [3.63, 3.8) is 0 Å². The highest BCUT2D eigenvalue weighted by atomic mass is 127. The van der Waals surface area contributed by atoms with E-state index in [1.807, 2.05) is 41.8 Å². The zero-order chi connectivity index (χ0) is 12.3.